The Bertz CT molecular complexity index is 2050. The Kier molecular flexibility index (Phi) is 12.9. The fraction of sp³-hybridized carbons (Fsp3) is 0.500. The van der Waals surface area contributed by atoms with E-state index < -0.39 is 92.4 Å². The third kappa shape index (κ3) is 10.7. The molecule has 3 aromatic rings. The van der Waals surface area contributed by atoms with Crippen molar-refractivity contribution in [2.24, 2.45) is 0 Å². The van der Waals surface area contributed by atoms with Crippen LogP contribution in [0.2, 0.25) is 0 Å². The highest BCUT2D eigenvalue weighted by Gasteiger charge is 2.38. The van der Waals surface area contributed by atoms with Gasteiger partial charge in [-0.05, 0) is 171 Å². The predicted octanol–water partition coefficient (Wildman–Crippen LogP) is 6.73. The van der Waals surface area contributed by atoms with Crippen molar-refractivity contribution in [3.05, 3.63) is 72.8 Å². The van der Waals surface area contributed by atoms with E-state index in [1.807, 2.05) is 0 Å². The highest BCUT2D eigenvalue weighted by molar-refractivity contribution is 7.97. The molecule has 12 nitrogen and oxygen atoms in total. The molecule has 3 aliphatic carbocycles. The fourth-order valence-corrected chi connectivity index (χ4v) is 13.4. The maximum absolute atomic E-state index is 13.3. The maximum Gasteiger partial charge on any atom is 0.322 e. The summed E-state index contributed by atoms with van der Waals surface area (Å²) in [6.07, 6.45) is 9.46. The van der Waals surface area contributed by atoms with Crippen molar-refractivity contribution in [3.8, 4) is 0 Å². The Morgan fingerprint density at radius 1 is 0.431 bits per heavy atom. The monoisotopic (exact) mass is 875 g/mol. The number of carbonyl (C=O) groups is 3. The van der Waals surface area contributed by atoms with Crippen LogP contribution in [0.3, 0.4) is 0 Å². The second-order valence-electron chi connectivity index (χ2n) is 16.4. The lowest BCUT2D eigenvalue weighted by Crippen LogP contribution is -2.31. The molecule has 0 N–H and O–H groups in total. The van der Waals surface area contributed by atoms with Crippen molar-refractivity contribution in [1.82, 2.24) is 0 Å². The van der Waals surface area contributed by atoms with Crippen molar-refractivity contribution in [2.75, 3.05) is 17.3 Å². The number of rotatable bonds is 15. The number of hydrogen-bond acceptors (Lipinski definition) is 12. The summed E-state index contributed by atoms with van der Waals surface area (Å²) in [4.78, 5) is 39.6. The Hall–Kier alpha value is -3.73. The minimum absolute atomic E-state index is 0.0899. The number of esters is 3. The number of ether oxygens (including phenoxy) is 3. The minimum Gasteiger partial charge on any atom is -0.459 e. The average Bonchev–Trinajstić information content (AvgIpc) is 3.89. The lowest BCUT2D eigenvalue weighted by Gasteiger charge is -2.23. The maximum atomic E-state index is 13.3. The van der Waals surface area contributed by atoms with Gasteiger partial charge >= 0.3 is 17.9 Å². The fourth-order valence-electron chi connectivity index (χ4n) is 8.06. The summed E-state index contributed by atoms with van der Waals surface area (Å²) in [5.74, 6) is -4.92. The zero-order valence-corrected chi connectivity index (χ0v) is 36.3. The first-order valence-corrected chi connectivity index (χ1v) is 25.8. The highest BCUT2D eigenvalue weighted by Crippen LogP contribution is 2.37. The summed E-state index contributed by atoms with van der Waals surface area (Å²) in [7, 11) is -13.2. The van der Waals surface area contributed by atoms with E-state index in [4.69, 9.17) is 14.2 Å². The number of sulfone groups is 3. The normalized spacial score (nSPS) is 18.8. The van der Waals surface area contributed by atoms with E-state index in [1.165, 1.54) is 36.4 Å². The topological polar surface area (TPSA) is 181 Å². The largest absolute Gasteiger partial charge is 0.459 e. The van der Waals surface area contributed by atoms with E-state index in [9.17, 15) is 39.6 Å². The first-order valence-electron chi connectivity index (χ1n) is 19.6. The van der Waals surface area contributed by atoms with Gasteiger partial charge in [-0.15, -0.1) is 0 Å². The van der Waals surface area contributed by atoms with Gasteiger partial charge in [0.15, 0.2) is 61.5 Å². The van der Waals surface area contributed by atoms with Crippen LogP contribution in [0.5, 0.6) is 0 Å². The first kappa shape index (κ1) is 43.8. The van der Waals surface area contributed by atoms with Gasteiger partial charge < -0.3 is 14.2 Å². The zero-order valence-electron chi connectivity index (χ0n) is 33.1. The van der Waals surface area contributed by atoms with Crippen LogP contribution in [0, 0.1) is 0 Å². The Balaban J connectivity index is 1.25. The van der Waals surface area contributed by atoms with Crippen LogP contribution in [-0.4, -0.2) is 77.2 Å². The number of benzene rings is 3. The van der Waals surface area contributed by atoms with Gasteiger partial charge in [0.05, 0.1) is 25.6 Å². The molecule has 0 saturated heterocycles. The standard InChI is InChI=1S/C42H51O12S4/c1-40(22-4-5-23-40)52-37(43)28-56(46,47)34-16-10-31(11-17-34)55(32-12-18-35(19-13-32)57(48,49)29-38(44)53-41(2)24-6-7-25-41)33-14-20-36(21-15-33)58(50,51)30-39(45)54-42(3)26-8-9-27-42/h10-21H,4-9,22-30H2,1-3H3/q+1. The molecule has 3 fully saturated rings. The van der Waals surface area contributed by atoms with E-state index >= 15 is 0 Å². The highest BCUT2D eigenvalue weighted by atomic mass is 32.2. The van der Waals surface area contributed by atoms with Crippen LogP contribution in [0.1, 0.15) is 97.8 Å². The molecule has 0 unspecified atom stereocenters. The molecule has 0 atom stereocenters. The smallest absolute Gasteiger partial charge is 0.322 e. The lowest BCUT2D eigenvalue weighted by molar-refractivity contribution is -0.155. The van der Waals surface area contributed by atoms with Gasteiger partial charge in [0.1, 0.15) is 16.8 Å². The van der Waals surface area contributed by atoms with Gasteiger partial charge in [0, 0.05) is 0 Å². The van der Waals surface area contributed by atoms with Gasteiger partial charge in [-0.25, -0.2) is 25.3 Å². The van der Waals surface area contributed by atoms with Crippen LogP contribution in [0.15, 0.2) is 102 Å². The van der Waals surface area contributed by atoms with E-state index in [0.717, 1.165) is 38.5 Å². The third-order valence-corrected chi connectivity index (χ3v) is 18.3. The Morgan fingerprint density at radius 2 is 0.638 bits per heavy atom. The van der Waals surface area contributed by atoms with Gasteiger partial charge in [0.2, 0.25) is 0 Å². The second-order valence-corrected chi connectivity index (χ2v) is 24.4. The minimum atomic E-state index is -4.07. The number of carbonyl (C=O) groups excluding carboxylic acids is 3. The summed E-state index contributed by atoms with van der Waals surface area (Å²) in [5.41, 5.74) is -2.03. The van der Waals surface area contributed by atoms with Gasteiger partial charge in [-0.3, -0.25) is 14.4 Å². The molecule has 3 aromatic carbocycles. The zero-order chi connectivity index (χ0) is 42.0. The molecular formula is C42H51O12S4+. The second kappa shape index (κ2) is 17.1. The Morgan fingerprint density at radius 3 is 0.845 bits per heavy atom. The molecule has 0 aromatic heterocycles. The van der Waals surface area contributed by atoms with Crippen molar-refractivity contribution in [3.63, 3.8) is 0 Å². The quantitative estimate of drug-likeness (QED) is 0.0894. The first-order chi connectivity index (χ1) is 27.2. The van der Waals surface area contributed by atoms with Crippen LogP contribution in [0.4, 0.5) is 0 Å². The molecule has 0 heterocycles. The molecule has 16 heteroatoms. The lowest BCUT2D eigenvalue weighted by atomic mass is 10.1. The third-order valence-electron chi connectivity index (χ3n) is 11.2. The van der Waals surface area contributed by atoms with Gasteiger partial charge in [0.25, 0.3) is 0 Å². The number of hydrogen-bond donors (Lipinski definition) is 0. The summed E-state index contributed by atoms with van der Waals surface area (Å²) in [6, 6.07) is 17.9. The van der Waals surface area contributed by atoms with E-state index in [0.29, 0.717) is 53.2 Å². The van der Waals surface area contributed by atoms with E-state index in [-0.39, 0.29) is 14.7 Å². The summed E-state index contributed by atoms with van der Waals surface area (Å²) in [5, 5.41) is 0. The molecule has 3 aliphatic rings. The van der Waals surface area contributed by atoms with Crippen LogP contribution in [0.25, 0.3) is 0 Å². The molecule has 0 aliphatic heterocycles. The molecule has 0 amide bonds. The molecule has 6 rings (SSSR count). The predicted molar refractivity (Wildman–Crippen MR) is 217 cm³/mol. The van der Waals surface area contributed by atoms with Gasteiger partial charge in [-0.2, -0.15) is 0 Å². The summed E-state index contributed by atoms with van der Waals surface area (Å²) >= 11 is 0. The van der Waals surface area contributed by atoms with Crippen LogP contribution >= 0.6 is 0 Å². The van der Waals surface area contributed by atoms with Gasteiger partial charge in [-0.1, -0.05) is 0 Å². The van der Waals surface area contributed by atoms with Crippen molar-refractivity contribution < 1.29 is 53.8 Å². The molecular weight excluding hydrogens is 825 g/mol. The van der Waals surface area contributed by atoms with Crippen LogP contribution in [-0.2, 0) is 69.0 Å². The van der Waals surface area contributed by atoms with Crippen molar-refractivity contribution in [1.29, 1.82) is 0 Å². The summed E-state index contributed by atoms with van der Waals surface area (Å²) in [6.45, 7) is 5.42. The van der Waals surface area contributed by atoms with Crippen molar-refractivity contribution in [2.45, 2.75) is 144 Å². The average molecular weight is 876 g/mol. The molecule has 58 heavy (non-hydrogen) atoms. The molecule has 0 radical (unpaired) electrons. The summed E-state index contributed by atoms with van der Waals surface area (Å²) < 4.78 is 96.5. The molecule has 314 valence electrons. The van der Waals surface area contributed by atoms with E-state index in [2.05, 4.69) is 0 Å². The van der Waals surface area contributed by atoms with Crippen molar-refractivity contribution >= 4 is 58.3 Å². The molecule has 0 spiro atoms. The molecule has 0 bridgehead atoms. The SMILES string of the molecule is CC1(OC(=O)CS(=O)(=O)c2ccc([S+](c3ccc(S(=O)(=O)CC(=O)OC4(C)CCCC4)cc3)c3ccc(S(=O)(=O)CC(=O)OC4(C)CCCC4)cc3)cc2)CCCC1. The van der Waals surface area contributed by atoms with Crippen LogP contribution < -0.4 is 0 Å². The van der Waals surface area contributed by atoms with E-state index in [1.54, 1.807) is 57.2 Å². The molecule has 3 saturated carbocycles. The Labute approximate surface area is 344 Å².